The van der Waals surface area contributed by atoms with Gasteiger partial charge in [-0.1, -0.05) is 42.5 Å². The molecule has 2 N–H and O–H groups in total. The molecule has 0 aliphatic carbocycles. The Bertz CT molecular complexity index is 1270. The summed E-state index contributed by atoms with van der Waals surface area (Å²) in [6.45, 7) is 6.67. The topological polar surface area (TPSA) is 100.0 Å². The largest absolute Gasteiger partial charge is 0.473 e. The fraction of sp³-hybridized carbons (Fsp3) is 0.452. The number of hydrogen-bond acceptors (Lipinski definition) is 5. The molecule has 3 aromatic rings. The number of hydrogen-bond donors (Lipinski definition) is 2. The van der Waals surface area contributed by atoms with E-state index in [9.17, 15) is 0 Å². The molecule has 1 aromatic heterocycles. The van der Waals surface area contributed by atoms with E-state index in [0.717, 1.165) is 37.3 Å². The first-order valence-corrected chi connectivity index (χ1v) is 14.1. The SMILES string of the molecule is O=C(O)C(=O)O.c1cc2c3c(c1)CCC[N+]3(OCCCN1CCC(c3cncc4ccccc34)CC1)CCC2. The number of carboxylic acid groups (broad SMARTS) is 2. The second kappa shape index (κ2) is 12.2. The monoisotopic (exact) mass is 532 g/mol. The minimum atomic E-state index is -1.82. The van der Waals surface area contributed by atoms with Gasteiger partial charge in [0.15, 0.2) is 5.69 Å². The number of aromatic nitrogens is 1. The average Bonchev–Trinajstić information content (AvgIpc) is 2.96. The summed E-state index contributed by atoms with van der Waals surface area (Å²) in [6, 6.07) is 15.6. The molecule has 1 saturated heterocycles. The molecule has 0 saturated carbocycles. The standard InChI is InChI=1S/C29H36N3O.C2H2O4/c1-2-12-27-26(7-1)21-30-22-28(27)23-13-16-31(17-14-23)15-6-20-33-32-18-4-10-24-8-3-9-25(29(24)32)11-5-19-32;3-1(4)2(5)6/h1-3,7-9,12,21-23H,4-6,10-11,13-20H2;(H,3,4)(H,5,6)/q+1;. The Morgan fingerprint density at radius 3 is 2.26 bits per heavy atom. The molecule has 206 valence electrons. The molecule has 3 aliphatic heterocycles. The van der Waals surface area contributed by atoms with E-state index in [4.69, 9.17) is 24.6 Å². The molecule has 0 bridgehead atoms. The first kappa shape index (κ1) is 27.2. The van der Waals surface area contributed by atoms with Crippen molar-refractivity contribution in [1.29, 1.82) is 0 Å². The van der Waals surface area contributed by atoms with Crippen LogP contribution in [0.4, 0.5) is 5.69 Å². The van der Waals surface area contributed by atoms with Gasteiger partial charge >= 0.3 is 11.9 Å². The number of carboxylic acids is 2. The first-order valence-electron chi connectivity index (χ1n) is 14.1. The Labute approximate surface area is 229 Å². The van der Waals surface area contributed by atoms with Gasteiger partial charge in [-0.25, -0.2) is 9.59 Å². The van der Waals surface area contributed by atoms with Crippen LogP contribution in [0, 0.1) is 0 Å². The number of nitrogens with zero attached hydrogens (tertiary/aromatic N) is 3. The number of carbonyl (C=O) groups is 2. The van der Waals surface area contributed by atoms with Gasteiger partial charge in [0.05, 0.1) is 0 Å². The summed E-state index contributed by atoms with van der Waals surface area (Å²) in [5, 5.41) is 17.4. The summed E-state index contributed by atoms with van der Waals surface area (Å²) in [4.78, 5) is 32.1. The lowest BCUT2D eigenvalue weighted by Gasteiger charge is -2.42. The minimum absolute atomic E-state index is 0.631. The number of fused-ring (bicyclic) bond motifs is 1. The van der Waals surface area contributed by atoms with Crippen LogP contribution >= 0.6 is 0 Å². The predicted octanol–water partition coefficient (Wildman–Crippen LogP) is 4.79. The second-order valence-corrected chi connectivity index (χ2v) is 10.8. The van der Waals surface area contributed by atoms with Crippen molar-refractivity contribution in [2.24, 2.45) is 0 Å². The third kappa shape index (κ3) is 6.13. The molecule has 0 spiro atoms. The molecule has 0 amide bonds. The van der Waals surface area contributed by atoms with Crippen LogP contribution in [-0.4, -0.2) is 71.4 Å². The maximum atomic E-state index is 9.10. The number of quaternary nitrogens is 1. The van der Waals surface area contributed by atoms with E-state index in [-0.39, 0.29) is 0 Å². The molecular weight excluding hydrogens is 494 g/mol. The summed E-state index contributed by atoms with van der Waals surface area (Å²) in [6.07, 6.45) is 12.6. The summed E-state index contributed by atoms with van der Waals surface area (Å²) < 4.78 is 0.793. The highest BCUT2D eigenvalue weighted by molar-refractivity contribution is 6.27. The lowest BCUT2D eigenvalue weighted by molar-refractivity contribution is -0.159. The van der Waals surface area contributed by atoms with E-state index in [1.165, 1.54) is 84.8 Å². The maximum absolute atomic E-state index is 9.10. The van der Waals surface area contributed by atoms with Gasteiger partial charge in [0.25, 0.3) is 0 Å². The van der Waals surface area contributed by atoms with Crippen molar-refractivity contribution >= 4 is 28.4 Å². The molecular formula is C31H38N3O5+. The third-order valence-electron chi connectivity index (χ3n) is 8.41. The molecule has 6 rings (SSSR count). The molecule has 3 aliphatic rings. The fourth-order valence-corrected chi connectivity index (χ4v) is 6.61. The van der Waals surface area contributed by atoms with E-state index in [1.807, 2.05) is 6.20 Å². The van der Waals surface area contributed by atoms with Crippen molar-refractivity contribution in [1.82, 2.24) is 14.5 Å². The number of benzene rings is 2. The van der Waals surface area contributed by atoms with Crippen molar-refractivity contribution in [3.63, 3.8) is 0 Å². The molecule has 1 fully saturated rings. The first-order chi connectivity index (χ1) is 19.0. The molecule has 0 atom stereocenters. The Morgan fingerprint density at radius 2 is 1.59 bits per heavy atom. The number of para-hydroxylation sites is 1. The van der Waals surface area contributed by atoms with E-state index in [1.54, 1.807) is 0 Å². The van der Waals surface area contributed by atoms with Crippen molar-refractivity contribution in [3.05, 3.63) is 71.5 Å². The van der Waals surface area contributed by atoms with Crippen LogP contribution in [0.25, 0.3) is 10.8 Å². The van der Waals surface area contributed by atoms with E-state index in [2.05, 4.69) is 58.5 Å². The predicted molar refractivity (Wildman–Crippen MR) is 151 cm³/mol. The van der Waals surface area contributed by atoms with E-state index < -0.39 is 11.9 Å². The van der Waals surface area contributed by atoms with Gasteiger partial charge in [-0.05, 0) is 62.1 Å². The summed E-state index contributed by atoms with van der Waals surface area (Å²) in [5.74, 6) is -3.02. The number of piperidine rings is 1. The zero-order chi connectivity index (χ0) is 27.2. The molecule has 8 heteroatoms. The van der Waals surface area contributed by atoms with Gasteiger partial charge in [0, 0.05) is 48.3 Å². The highest BCUT2D eigenvalue weighted by atomic mass is 16.7. The lowest BCUT2D eigenvalue weighted by Crippen LogP contribution is -2.55. The van der Waals surface area contributed by atoms with Crippen molar-refractivity contribution < 1.29 is 24.6 Å². The lowest BCUT2D eigenvalue weighted by atomic mass is 9.87. The Hall–Kier alpha value is -3.33. The number of likely N-dealkylation sites (tertiary alicyclic amines) is 1. The van der Waals surface area contributed by atoms with Gasteiger partial charge in [0.1, 0.15) is 19.7 Å². The Kier molecular flexibility index (Phi) is 8.55. The van der Waals surface area contributed by atoms with Crippen LogP contribution in [0.5, 0.6) is 0 Å². The minimum Gasteiger partial charge on any atom is -0.473 e. The van der Waals surface area contributed by atoms with E-state index >= 15 is 0 Å². The maximum Gasteiger partial charge on any atom is 0.414 e. The van der Waals surface area contributed by atoms with Crippen LogP contribution in [0.15, 0.2) is 54.9 Å². The van der Waals surface area contributed by atoms with Gasteiger partial charge in [-0.3, -0.25) is 4.98 Å². The van der Waals surface area contributed by atoms with Crippen LogP contribution in [0.1, 0.15) is 54.7 Å². The van der Waals surface area contributed by atoms with Gasteiger partial charge < -0.3 is 15.1 Å². The number of hydroxylamine groups is 2. The smallest absolute Gasteiger partial charge is 0.414 e. The number of aryl methyl sites for hydroxylation is 2. The second-order valence-electron chi connectivity index (χ2n) is 10.8. The zero-order valence-corrected chi connectivity index (χ0v) is 22.4. The van der Waals surface area contributed by atoms with Gasteiger partial charge in [0.2, 0.25) is 0 Å². The Morgan fingerprint density at radius 1 is 0.923 bits per heavy atom. The van der Waals surface area contributed by atoms with Crippen molar-refractivity contribution in [2.45, 2.75) is 50.9 Å². The van der Waals surface area contributed by atoms with Crippen LogP contribution < -0.4 is 4.65 Å². The quantitative estimate of drug-likeness (QED) is 0.267. The molecule has 0 radical (unpaired) electrons. The van der Waals surface area contributed by atoms with E-state index in [0.29, 0.717) is 5.92 Å². The molecule has 8 nitrogen and oxygen atoms in total. The van der Waals surface area contributed by atoms with Crippen molar-refractivity contribution in [2.75, 3.05) is 39.3 Å². The molecule has 0 unspecified atom stereocenters. The average molecular weight is 533 g/mol. The number of pyridine rings is 1. The van der Waals surface area contributed by atoms with Gasteiger partial charge in [-0.15, -0.1) is 4.65 Å². The van der Waals surface area contributed by atoms with Crippen LogP contribution in [0.2, 0.25) is 0 Å². The normalized spacial score (nSPS) is 18.6. The van der Waals surface area contributed by atoms with Gasteiger partial charge in [-0.2, -0.15) is 4.84 Å². The van der Waals surface area contributed by atoms with Crippen LogP contribution in [0.3, 0.4) is 0 Å². The number of aliphatic carboxylic acids is 2. The van der Waals surface area contributed by atoms with Crippen LogP contribution in [-0.2, 0) is 27.3 Å². The summed E-state index contributed by atoms with van der Waals surface area (Å²) in [5.41, 5.74) is 6.02. The highest BCUT2D eigenvalue weighted by Gasteiger charge is 2.42. The fourth-order valence-electron chi connectivity index (χ4n) is 6.61. The molecule has 4 heterocycles. The summed E-state index contributed by atoms with van der Waals surface area (Å²) in [7, 11) is 0. The number of rotatable bonds is 6. The Balaban J connectivity index is 0.000000465. The van der Waals surface area contributed by atoms with Crippen molar-refractivity contribution in [3.8, 4) is 0 Å². The third-order valence-corrected chi connectivity index (χ3v) is 8.41. The highest BCUT2D eigenvalue weighted by Crippen LogP contribution is 2.41. The summed E-state index contributed by atoms with van der Waals surface area (Å²) >= 11 is 0. The molecule has 2 aromatic carbocycles. The molecule has 39 heavy (non-hydrogen) atoms. The zero-order valence-electron chi connectivity index (χ0n) is 22.4.